The lowest BCUT2D eigenvalue weighted by Crippen LogP contribution is -2.13. The minimum absolute atomic E-state index is 0.127. The maximum atomic E-state index is 11.2. The van der Waals surface area contributed by atoms with E-state index in [1.807, 2.05) is 12.1 Å². The standard InChI is InChI=1S/C10H8ClN3OS/c11-6-1-3-7(4-2-6)16-10-8(12)9(15)13-5-14-10/h1-5H,12H2,(H,13,14,15). The van der Waals surface area contributed by atoms with Crippen LogP contribution in [0.3, 0.4) is 0 Å². The number of anilines is 1. The molecule has 0 fully saturated rings. The number of H-pyrrole nitrogens is 1. The summed E-state index contributed by atoms with van der Waals surface area (Å²) in [5, 5.41) is 1.15. The molecule has 0 atom stereocenters. The molecule has 0 aliphatic carbocycles. The Morgan fingerprint density at radius 1 is 1.31 bits per heavy atom. The molecule has 0 saturated heterocycles. The van der Waals surface area contributed by atoms with Crippen molar-refractivity contribution in [2.45, 2.75) is 9.92 Å². The van der Waals surface area contributed by atoms with E-state index in [1.165, 1.54) is 18.1 Å². The number of rotatable bonds is 2. The van der Waals surface area contributed by atoms with Gasteiger partial charge in [0.15, 0.2) is 0 Å². The summed E-state index contributed by atoms with van der Waals surface area (Å²) in [5.41, 5.74) is 5.41. The second-order valence-electron chi connectivity index (χ2n) is 3.01. The Hall–Kier alpha value is -1.46. The number of hydrogen-bond donors (Lipinski definition) is 2. The maximum absolute atomic E-state index is 11.2. The number of nitrogens with one attached hydrogen (secondary N) is 1. The lowest BCUT2D eigenvalue weighted by molar-refractivity contribution is 1.02. The van der Waals surface area contributed by atoms with E-state index in [-0.39, 0.29) is 11.2 Å². The molecule has 6 heteroatoms. The van der Waals surface area contributed by atoms with Crippen molar-refractivity contribution in [1.82, 2.24) is 9.97 Å². The maximum Gasteiger partial charge on any atom is 0.275 e. The second-order valence-corrected chi connectivity index (χ2v) is 4.51. The van der Waals surface area contributed by atoms with Crippen LogP contribution >= 0.6 is 23.4 Å². The fourth-order valence-electron chi connectivity index (χ4n) is 1.09. The third-order valence-electron chi connectivity index (χ3n) is 1.88. The molecule has 2 rings (SSSR count). The summed E-state index contributed by atoms with van der Waals surface area (Å²) in [5.74, 6) is 0. The Kier molecular flexibility index (Phi) is 3.17. The summed E-state index contributed by atoms with van der Waals surface area (Å²) >= 11 is 7.09. The van der Waals surface area contributed by atoms with Gasteiger partial charge in [0, 0.05) is 9.92 Å². The number of benzene rings is 1. The molecule has 0 spiro atoms. The van der Waals surface area contributed by atoms with Crippen molar-refractivity contribution < 1.29 is 0 Å². The van der Waals surface area contributed by atoms with Crippen molar-refractivity contribution in [3.63, 3.8) is 0 Å². The van der Waals surface area contributed by atoms with Crippen LogP contribution in [0.5, 0.6) is 0 Å². The van der Waals surface area contributed by atoms with E-state index in [1.54, 1.807) is 12.1 Å². The number of nitrogens with zero attached hydrogens (tertiary/aromatic N) is 1. The van der Waals surface area contributed by atoms with Gasteiger partial charge in [-0.25, -0.2) is 4.98 Å². The van der Waals surface area contributed by atoms with Gasteiger partial charge in [-0.2, -0.15) is 0 Å². The van der Waals surface area contributed by atoms with E-state index >= 15 is 0 Å². The first kappa shape index (κ1) is 11.0. The molecule has 16 heavy (non-hydrogen) atoms. The average molecular weight is 254 g/mol. The van der Waals surface area contributed by atoms with Crippen LogP contribution in [0.2, 0.25) is 5.02 Å². The van der Waals surface area contributed by atoms with Gasteiger partial charge in [0.1, 0.15) is 10.7 Å². The molecular weight excluding hydrogens is 246 g/mol. The van der Waals surface area contributed by atoms with Gasteiger partial charge in [-0.15, -0.1) is 0 Å². The van der Waals surface area contributed by atoms with E-state index in [9.17, 15) is 4.79 Å². The van der Waals surface area contributed by atoms with Crippen LogP contribution in [0.15, 0.2) is 45.3 Å². The van der Waals surface area contributed by atoms with Gasteiger partial charge >= 0.3 is 0 Å². The predicted octanol–water partition coefficient (Wildman–Crippen LogP) is 2.16. The topological polar surface area (TPSA) is 71.8 Å². The molecule has 1 aromatic carbocycles. The van der Waals surface area contributed by atoms with Crippen LogP contribution in [0.25, 0.3) is 0 Å². The summed E-state index contributed by atoms with van der Waals surface area (Å²) in [4.78, 5) is 18.6. The smallest absolute Gasteiger partial charge is 0.275 e. The predicted molar refractivity (Wildman–Crippen MR) is 64.8 cm³/mol. The van der Waals surface area contributed by atoms with Crippen molar-refractivity contribution in [3.05, 3.63) is 46.0 Å². The average Bonchev–Trinajstić information content (AvgIpc) is 2.28. The summed E-state index contributed by atoms with van der Waals surface area (Å²) in [6, 6.07) is 7.23. The fourth-order valence-corrected chi connectivity index (χ4v) is 2.02. The third-order valence-corrected chi connectivity index (χ3v) is 3.16. The first-order valence-electron chi connectivity index (χ1n) is 4.43. The molecule has 0 aliphatic heterocycles. The molecule has 3 N–H and O–H groups in total. The zero-order chi connectivity index (χ0) is 11.5. The van der Waals surface area contributed by atoms with Crippen molar-refractivity contribution in [1.29, 1.82) is 0 Å². The van der Waals surface area contributed by atoms with E-state index in [0.29, 0.717) is 10.0 Å². The molecule has 1 aromatic heterocycles. The third kappa shape index (κ3) is 2.37. The molecule has 82 valence electrons. The van der Waals surface area contributed by atoms with E-state index in [0.717, 1.165) is 4.90 Å². The molecular formula is C10H8ClN3OS. The van der Waals surface area contributed by atoms with Crippen LogP contribution in [-0.4, -0.2) is 9.97 Å². The number of aromatic amines is 1. The molecule has 0 unspecified atom stereocenters. The van der Waals surface area contributed by atoms with Gasteiger partial charge in [-0.1, -0.05) is 23.4 Å². The normalized spacial score (nSPS) is 10.3. The molecule has 0 amide bonds. The number of aromatic nitrogens is 2. The summed E-state index contributed by atoms with van der Waals surface area (Å²) in [6.45, 7) is 0. The monoisotopic (exact) mass is 253 g/mol. The van der Waals surface area contributed by atoms with E-state index in [2.05, 4.69) is 9.97 Å². The molecule has 4 nitrogen and oxygen atoms in total. The van der Waals surface area contributed by atoms with Gasteiger partial charge in [0.05, 0.1) is 6.33 Å². The van der Waals surface area contributed by atoms with Gasteiger partial charge in [0.2, 0.25) is 0 Å². The van der Waals surface area contributed by atoms with Gasteiger partial charge in [0.25, 0.3) is 5.56 Å². The minimum Gasteiger partial charge on any atom is -0.392 e. The van der Waals surface area contributed by atoms with Crippen molar-refractivity contribution >= 4 is 29.1 Å². The SMILES string of the molecule is Nc1c(Sc2ccc(Cl)cc2)nc[nH]c1=O. The van der Waals surface area contributed by atoms with Crippen LogP contribution in [0.1, 0.15) is 0 Å². The highest BCUT2D eigenvalue weighted by molar-refractivity contribution is 7.99. The zero-order valence-corrected chi connectivity index (χ0v) is 9.68. The Bertz CT molecular complexity index is 553. The van der Waals surface area contributed by atoms with Crippen LogP contribution in [0, 0.1) is 0 Å². The van der Waals surface area contributed by atoms with Crippen molar-refractivity contribution in [2.75, 3.05) is 5.73 Å². The Morgan fingerprint density at radius 3 is 2.69 bits per heavy atom. The molecule has 1 heterocycles. The largest absolute Gasteiger partial charge is 0.392 e. The lowest BCUT2D eigenvalue weighted by atomic mass is 10.4. The number of hydrogen-bond acceptors (Lipinski definition) is 4. The number of nitrogen functional groups attached to an aromatic ring is 1. The number of nitrogens with two attached hydrogens (primary N) is 1. The van der Waals surface area contributed by atoms with E-state index < -0.39 is 0 Å². The van der Waals surface area contributed by atoms with Crippen molar-refractivity contribution in [2.24, 2.45) is 0 Å². The number of halogens is 1. The summed E-state index contributed by atoms with van der Waals surface area (Å²) < 4.78 is 0. The van der Waals surface area contributed by atoms with Crippen molar-refractivity contribution in [3.8, 4) is 0 Å². The quantitative estimate of drug-likeness (QED) is 0.805. The van der Waals surface area contributed by atoms with Crippen LogP contribution in [0.4, 0.5) is 5.69 Å². The summed E-state index contributed by atoms with van der Waals surface area (Å²) in [6.07, 6.45) is 1.33. The highest BCUT2D eigenvalue weighted by atomic mass is 35.5. The van der Waals surface area contributed by atoms with Gasteiger partial charge in [-0.3, -0.25) is 4.79 Å². The first-order valence-corrected chi connectivity index (χ1v) is 5.63. The second kappa shape index (κ2) is 4.59. The van der Waals surface area contributed by atoms with E-state index in [4.69, 9.17) is 17.3 Å². The zero-order valence-electron chi connectivity index (χ0n) is 8.11. The fraction of sp³-hybridized carbons (Fsp3) is 0. The molecule has 2 aromatic rings. The minimum atomic E-state index is -0.327. The highest BCUT2D eigenvalue weighted by Crippen LogP contribution is 2.28. The molecule has 0 saturated carbocycles. The highest BCUT2D eigenvalue weighted by Gasteiger charge is 2.06. The molecule has 0 radical (unpaired) electrons. The van der Waals surface area contributed by atoms with Crippen LogP contribution in [-0.2, 0) is 0 Å². The first-order chi connectivity index (χ1) is 7.66. The summed E-state index contributed by atoms with van der Waals surface area (Å²) in [7, 11) is 0. The molecule has 0 aliphatic rings. The Morgan fingerprint density at radius 2 is 2.00 bits per heavy atom. The van der Waals surface area contributed by atoms with Gasteiger partial charge in [-0.05, 0) is 24.3 Å². The Balaban J connectivity index is 2.30. The Labute approximate surface area is 101 Å². The lowest BCUT2D eigenvalue weighted by Gasteiger charge is -2.02. The van der Waals surface area contributed by atoms with Crippen LogP contribution < -0.4 is 11.3 Å². The van der Waals surface area contributed by atoms with Gasteiger partial charge < -0.3 is 10.7 Å². The molecule has 0 bridgehead atoms.